The molecule has 2 fully saturated rings. The normalized spacial score (nSPS) is 23.0. The van der Waals surface area contributed by atoms with Gasteiger partial charge in [0.2, 0.25) is 0 Å². The van der Waals surface area contributed by atoms with Gasteiger partial charge in [-0.2, -0.15) is 0 Å². The van der Waals surface area contributed by atoms with Crippen molar-refractivity contribution < 1.29 is 4.79 Å². The van der Waals surface area contributed by atoms with Crippen molar-refractivity contribution in [1.82, 2.24) is 24.7 Å². The minimum atomic E-state index is 0.00133. The van der Waals surface area contributed by atoms with Crippen molar-refractivity contribution in [2.45, 2.75) is 25.3 Å². The monoisotopic (exact) mass is 346 g/mol. The van der Waals surface area contributed by atoms with E-state index in [-0.39, 0.29) is 5.91 Å². The van der Waals surface area contributed by atoms with Crippen LogP contribution in [-0.4, -0.2) is 97.0 Å². The molecule has 0 spiro atoms. The number of anilines is 1. The Balaban J connectivity index is 1.73. The summed E-state index contributed by atoms with van der Waals surface area (Å²) in [6.45, 7) is 5.26. The first kappa shape index (κ1) is 18.1. The number of nitrogens with zero attached hydrogens (tertiary/aromatic N) is 6. The highest BCUT2D eigenvalue weighted by atomic mass is 16.2. The minimum Gasteiger partial charge on any atom is -0.354 e. The van der Waals surface area contributed by atoms with Crippen molar-refractivity contribution in [3.05, 3.63) is 18.1 Å². The van der Waals surface area contributed by atoms with Gasteiger partial charge in [0.1, 0.15) is 11.5 Å². The van der Waals surface area contributed by atoms with Crippen LogP contribution in [0, 0.1) is 0 Å². The zero-order valence-electron chi connectivity index (χ0n) is 15.7. The summed E-state index contributed by atoms with van der Waals surface area (Å²) in [5, 5.41) is 0. The summed E-state index contributed by atoms with van der Waals surface area (Å²) >= 11 is 0. The highest BCUT2D eigenvalue weighted by Gasteiger charge is 2.24. The van der Waals surface area contributed by atoms with Crippen molar-refractivity contribution in [1.29, 1.82) is 0 Å². The third-order valence-corrected chi connectivity index (χ3v) is 5.33. The van der Waals surface area contributed by atoms with Gasteiger partial charge in [0, 0.05) is 45.3 Å². The number of rotatable bonds is 3. The molecule has 1 aromatic rings. The number of piperazine rings is 1. The van der Waals surface area contributed by atoms with Gasteiger partial charge in [-0.3, -0.25) is 9.78 Å². The van der Waals surface area contributed by atoms with E-state index < -0.39 is 0 Å². The van der Waals surface area contributed by atoms with E-state index in [2.05, 4.69) is 45.8 Å². The largest absolute Gasteiger partial charge is 0.354 e. The standard InChI is InChI=1S/C18H30N6O/c1-21(2)15-6-4-5-7-24(14-15)17-13-19-12-16(20-17)18(25)23-10-8-22(3)9-11-23/h12-13,15H,4-11,14H2,1-3H3. The van der Waals surface area contributed by atoms with Crippen LogP contribution in [0.4, 0.5) is 5.82 Å². The number of aromatic nitrogens is 2. The van der Waals surface area contributed by atoms with Crippen molar-refractivity contribution >= 4 is 11.7 Å². The first-order valence-electron chi connectivity index (χ1n) is 9.26. The van der Waals surface area contributed by atoms with Crippen LogP contribution in [0.2, 0.25) is 0 Å². The SMILES string of the molecule is CN1CCN(C(=O)c2cncc(N3CCCCC(N(C)C)C3)n2)CC1. The Kier molecular flexibility index (Phi) is 5.86. The van der Waals surface area contributed by atoms with Crippen molar-refractivity contribution in [2.75, 3.05) is 65.3 Å². The molecule has 1 aromatic heterocycles. The van der Waals surface area contributed by atoms with Crippen molar-refractivity contribution in [3.8, 4) is 0 Å². The molecule has 0 N–H and O–H groups in total. The molecule has 1 atom stereocenters. The molecule has 1 unspecified atom stereocenters. The lowest BCUT2D eigenvalue weighted by Gasteiger charge is -2.32. The molecule has 0 bridgehead atoms. The molecule has 0 radical (unpaired) electrons. The Morgan fingerprint density at radius 3 is 2.60 bits per heavy atom. The number of carbonyl (C=O) groups is 1. The smallest absolute Gasteiger partial charge is 0.274 e. The van der Waals surface area contributed by atoms with Crippen molar-refractivity contribution in [2.24, 2.45) is 0 Å². The van der Waals surface area contributed by atoms with E-state index >= 15 is 0 Å². The second-order valence-corrected chi connectivity index (χ2v) is 7.42. The van der Waals surface area contributed by atoms with Crippen LogP contribution in [-0.2, 0) is 0 Å². The fourth-order valence-corrected chi connectivity index (χ4v) is 3.53. The van der Waals surface area contributed by atoms with Crippen LogP contribution in [0.15, 0.2) is 12.4 Å². The molecule has 0 aromatic carbocycles. The molecule has 3 rings (SSSR count). The van der Waals surface area contributed by atoms with E-state index in [0.717, 1.165) is 51.5 Å². The molecule has 1 amide bonds. The van der Waals surface area contributed by atoms with Crippen LogP contribution in [0.25, 0.3) is 0 Å². The van der Waals surface area contributed by atoms with E-state index in [9.17, 15) is 4.79 Å². The Labute approximate surface area is 150 Å². The number of amides is 1. The number of carbonyl (C=O) groups excluding carboxylic acids is 1. The number of likely N-dealkylation sites (N-methyl/N-ethyl adjacent to an activating group) is 2. The maximum Gasteiger partial charge on any atom is 0.274 e. The van der Waals surface area contributed by atoms with E-state index in [0.29, 0.717) is 11.7 Å². The fourth-order valence-electron chi connectivity index (χ4n) is 3.53. The molecule has 2 saturated heterocycles. The third kappa shape index (κ3) is 4.46. The minimum absolute atomic E-state index is 0.00133. The Hall–Kier alpha value is -1.73. The average Bonchev–Trinajstić information content (AvgIpc) is 2.88. The lowest BCUT2D eigenvalue weighted by molar-refractivity contribution is 0.0658. The lowest BCUT2D eigenvalue weighted by atomic mass is 10.1. The van der Waals surface area contributed by atoms with Crippen LogP contribution in [0.3, 0.4) is 0 Å². The topological polar surface area (TPSA) is 55.8 Å². The molecular weight excluding hydrogens is 316 g/mol. The predicted octanol–water partition coefficient (Wildman–Crippen LogP) is 0.785. The van der Waals surface area contributed by atoms with Gasteiger partial charge in [0.15, 0.2) is 0 Å². The van der Waals surface area contributed by atoms with Gasteiger partial charge in [-0.25, -0.2) is 4.98 Å². The second kappa shape index (κ2) is 8.10. The van der Waals surface area contributed by atoms with Crippen molar-refractivity contribution in [3.63, 3.8) is 0 Å². The molecule has 138 valence electrons. The maximum absolute atomic E-state index is 12.8. The first-order valence-corrected chi connectivity index (χ1v) is 9.26. The molecule has 0 saturated carbocycles. The molecule has 7 heteroatoms. The predicted molar refractivity (Wildman–Crippen MR) is 99.0 cm³/mol. The van der Waals surface area contributed by atoms with Gasteiger partial charge in [-0.1, -0.05) is 6.42 Å². The summed E-state index contributed by atoms with van der Waals surface area (Å²) in [4.78, 5) is 30.4. The van der Waals surface area contributed by atoms with Gasteiger partial charge in [0.25, 0.3) is 5.91 Å². The van der Waals surface area contributed by atoms with Crippen LogP contribution < -0.4 is 4.90 Å². The number of hydrogen-bond donors (Lipinski definition) is 0. The molecule has 3 heterocycles. The quantitative estimate of drug-likeness (QED) is 0.806. The van der Waals surface area contributed by atoms with Gasteiger partial charge in [0.05, 0.1) is 12.4 Å². The van der Waals surface area contributed by atoms with E-state index in [4.69, 9.17) is 0 Å². The van der Waals surface area contributed by atoms with Crippen LogP contribution in [0.1, 0.15) is 29.8 Å². The molecule has 7 nitrogen and oxygen atoms in total. The molecule has 0 aliphatic carbocycles. The summed E-state index contributed by atoms with van der Waals surface area (Å²) in [5.74, 6) is 0.829. The van der Waals surface area contributed by atoms with Gasteiger partial charge >= 0.3 is 0 Å². The zero-order valence-corrected chi connectivity index (χ0v) is 15.7. The number of hydrogen-bond acceptors (Lipinski definition) is 6. The molecular formula is C18H30N6O. The molecule has 2 aliphatic heterocycles. The van der Waals surface area contributed by atoms with Gasteiger partial charge in [-0.15, -0.1) is 0 Å². The lowest BCUT2D eigenvalue weighted by Crippen LogP contribution is -2.47. The zero-order chi connectivity index (χ0) is 17.8. The highest BCUT2D eigenvalue weighted by molar-refractivity contribution is 5.92. The summed E-state index contributed by atoms with van der Waals surface area (Å²) in [6, 6.07) is 0.515. The molecule has 2 aliphatic rings. The Bertz CT molecular complexity index is 585. The van der Waals surface area contributed by atoms with Gasteiger partial charge in [-0.05, 0) is 34.0 Å². The van der Waals surface area contributed by atoms with Gasteiger partial charge < -0.3 is 19.6 Å². The summed E-state index contributed by atoms with van der Waals surface area (Å²) in [7, 11) is 6.35. The van der Waals surface area contributed by atoms with E-state index in [1.54, 1.807) is 12.4 Å². The average molecular weight is 346 g/mol. The summed E-state index contributed by atoms with van der Waals surface area (Å²) < 4.78 is 0. The third-order valence-electron chi connectivity index (χ3n) is 5.33. The molecule has 25 heavy (non-hydrogen) atoms. The maximum atomic E-state index is 12.8. The van der Waals surface area contributed by atoms with Crippen LogP contribution >= 0.6 is 0 Å². The fraction of sp³-hybridized carbons (Fsp3) is 0.722. The Morgan fingerprint density at radius 1 is 1.12 bits per heavy atom. The second-order valence-electron chi connectivity index (χ2n) is 7.42. The van der Waals surface area contributed by atoms with E-state index in [1.165, 1.54) is 12.8 Å². The first-order chi connectivity index (χ1) is 12.0. The van der Waals surface area contributed by atoms with E-state index in [1.807, 2.05) is 4.90 Å². The van der Waals surface area contributed by atoms with Crippen LogP contribution in [0.5, 0.6) is 0 Å². The highest BCUT2D eigenvalue weighted by Crippen LogP contribution is 2.19. The summed E-state index contributed by atoms with van der Waals surface area (Å²) in [6.07, 6.45) is 6.98. The Morgan fingerprint density at radius 2 is 1.88 bits per heavy atom. The summed E-state index contributed by atoms with van der Waals surface area (Å²) in [5.41, 5.74) is 0.465.